The van der Waals surface area contributed by atoms with E-state index in [1.54, 1.807) is 0 Å². The first-order valence-electron chi connectivity index (χ1n) is 4.46. The third-order valence-corrected chi connectivity index (χ3v) is 1.77. The lowest BCUT2D eigenvalue weighted by molar-refractivity contribution is 0.152. The van der Waals surface area contributed by atoms with Crippen LogP contribution in [0.4, 0.5) is 24.9 Å². The van der Waals surface area contributed by atoms with E-state index in [4.69, 9.17) is 10.8 Å². The zero-order valence-electron chi connectivity index (χ0n) is 8.28. The number of halogens is 3. The molecule has 8 heteroatoms. The number of aliphatic hydroxyl groups is 1. The summed E-state index contributed by atoms with van der Waals surface area (Å²) in [5.41, 5.74) is 5.23. The molecule has 1 aromatic rings. The molecule has 0 unspecified atom stereocenters. The Kier molecular flexibility index (Phi) is 4.29. The number of anilines is 2. The molecule has 0 saturated carbocycles. The first-order chi connectivity index (χ1) is 7.54. The average molecular weight is 236 g/mol. The Bertz CT molecular complexity index is 350. The third-order valence-electron chi connectivity index (χ3n) is 1.77. The molecular formula is C8H11F3N4O. The Hall–Kier alpha value is -1.57. The Morgan fingerprint density at radius 3 is 2.75 bits per heavy atom. The highest BCUT2D eigenvalue weighted by atomic mass is 19.3. The Balaban J connectivity index is 2.94. The van der Waals surface area contributed by atoms with E-state index in [1.807, 2.05) is 0 Å². The van der Waals surface area contributed by atoms with Crippen molar-refractivity contribution in [2.45, 2.75) is 6.43 Å². The molecule has 0 aromatic carbocycles. The minimum Gasteiger partial charge on any atom is -0.395 e. The SMILES string of the molecule is Nc1ncc(F)c(N(CCO)CC(F)F)n1. The lowest BCUT2D eigenvalue weighted by Gasteiger charge is -2.22. The molecule has 0 atom stereocenters. The number of hydrogen-bond acceptors (Lipinski definition) is 5. The van der Waals surface area contributed by atoms with Gasteiger partial charge in [-0.1, -0.05) is 0 Å². The van der Waals surface area contributed by atoms with Gasteiger partial charge in [-0.2, -0.15) is 4.98 Å². The largest absolute Gasteiger partial charge is 0.395 e. The van der Waals surface area contributed by atoms with E-state index < -0.39 is 25.4 Å². The van der Waals surface area contributed by atoms with Gasteiger partial charge in [0, 0.05) is 6.54 Å². The molecule has 5 nitrogen and oxygen atoms in total. The highest BCUT2D eigenvalue weighted by molar-refractivity contribution is 5.42. The molecular weight excluding hydrogens is 225 g/mol. The molecule has 1 aromatic heterocycles. The first-order valence-corrected chi connectivity index (χ1v) is 4.46. The van der Waals surface area contributed by atoms with Crippen molar-refractivity contribution in [1.29, 1.82) is 0 Å². The Morgan fingerprint density at radius 2 is 2.19 bits per heavy atom. The van der Waals surface area contributed by atoms with Gasteiger partial charge in [0.15, 0.2) is 11.6 Å². The van der Waals surface area contributed by atoms with Crippen molar-refractivity contribution in [3.63, 3.8) is 0 Å². The first kappa shape index (κ1) is 12.5. The van der Waals surface area contributed by atoms with Gasteiger partial charge in [-0.15, -0.1) is 0 Å². The molecule has 0 spiro atoms. The highest BCUT2D eigenvalue weighted by Crippen LogP contribution is 2.17. The fraction of sp³-hybridized carbons (Fsp3) is 0.500. The molecule has 0 amide bonds. The normalized spacial score (nSPS) is 10.8. The summed E-state index contributed by atoms with van der Waals surface area (Å²) in [6, 6.07) is 0. The van der Waals surface area contributed by atoms with Crippen LogP contribution in [0.2, 0.25) is 0 Å². The summed E-state index contributed by atoms with van der Waals surface area (Å²) < 4.78 is 37.7. The van der Waals surface area contributed by atoms with Crippen molar-refractivity contribution in [1.82, 2.24) is 9.97 Å². The summed E-state index contributed by atoms with van der Waals surface area (Å²) in [4.78, 5) is 7.81. The van der Waals surface area contributed by atoms with Gasteiger partial charge < -0.3 is 15.7 Å². The van der Waals surface area contributed by atoms with Crippen LogP contribution in [0.25, 0.3) is 0 Å². The molecule has 1 rings (SSSR count). The molecule has 0 aliphatic carbocycles. The minimum atomic E-state index is -2.66. The van der Waals surface area contributed by atoms with Gasteiger partial charge in [-0.05, 0) is 0 Å². The van der Waals surface area contributed by atoms with Gasteiger partial charge in [-0.3, -0.25) is 0 Å². The number of aromatic nitrogens is 2. The van der Waals surface area contributed by atoms with Crippen molar-refractivity contribution < 1.29 is 18.3 Å². The second kappa shape index (κ2) is 5.50. The van der Waals surface area contributed by atoms with E-state index in [0.717, 1.165) is 11.1 Å². The second-order valence-corrected chi connectivity index (χ2v) is 2.96. The maximum Gasteiger partial charge on any atom is 0.255 e. The Morgan fingerprint density at radius 1 is 1.50 bits per heavy atom. The van der Waals surface area contributed by atoms with Gasteiger partial charge >= 0.3 is 0 Å². The summed E-state index contributed by atoms with van der Waals surface area (Å²) in [7, 11) is 0. The number of alkyl halides is 2. The monoisotopic (exact) mass is 236 g/mol. The van der Waals surface area contributed by atoms with E-state index in [-0.39, 0.29) is 18.3 Å². The molecule has 90 valence electrons. The fourth-order valence-corrected chi connectivity index (χ4v) is 1.16. The van der Waals surface area contributed by atoms with Crippen molar-refractivity contribution in [2.24, 2.45) is 0 Å². The van der Waals surface area contributed by atoms with Gasteiger partial charge in [0.05, 0.1) is 19.3 Å². The summed E-state index contributed by atoms with van der Waals surface area (Å²) >= 11 is 0. The maximum absolute atomic E-state index is 13.2. The standard InChI is InChI=1S/C8H11F3N4O/c9-5-3-13-8(12)14-7(5)15(1-2-16)4-6(10)11/h3,6,16H,1-2,4H2,(H2,12,13,14). The van der Waals surface area contributed by atoms with Gasteiger partial charge in [0.2, 0.25) is 5.95 Å². The Labute approximate surface area is 89.7 Å². The molecule has 3 N–H and O–H groups in total. The minimum absolute atomic E-state index is 0.155. The number of nitrogens with two attached hydrogens (primary N) is 1. The summed E-state index contributed by atoms with van der Waals surface area (Å²) in [5, 5.41) is 8.69. The summed E-state index contributed by atoms with van der Waals surface area (Å²) in [6.45, 7) is -1.28. The van der Waals surface area contributed by atoms with Gasteiger partial charge in [0.1, 0.15) is 0 Å². The number of rotatable bonds is 5. The number of aliphatic hydroxyl groups excluding tert-OH is 1. The molecule has 1 heterocycles. The molecule has 16 heavy (non-hydrogen) atoms. The lowest BCUT2D eigenvalue weighted by Crippen LogP contribution is -2.33. The van der Waals surface area contributed by atoms with Crippen LogP contribution in [0.1, 0.15) is 0 Å². The zero-order valence-corrected chi connectivity index (χ0v) is 8.28. The van der Waals surface area contributed by atoms with Crippen LogP contribution in [0, 0.1) is 5.82 Å². The van der Waals surface area contributed by atoms with E-state index in [2.05, 4.69) is 9.97 Å². The molecule has 0 aliphatic heterocycles. The van der Waals surface area contributed by atoms with E-state index in [9.17, 15) is 13.2 Å². The van der Waals surface area contributed by atoms with Crippen LogP contribution in [0.15, 0.2) is 6.20 Å². The molecule has 0 fully saturated rings. The number of hydrogen-bond donors (Lipinski definition) is 2. The summed E-state index contributed by atoms with van der Waals surface area (Å²) in [5.74, 6) is -1.40. The van der Waals surface area contributed by atoms with Crippen molar-refractivity contribution in [2.75, 3.05) is 30.3 Å². The quantitative estimate of drug-likeness (QED) is 0.767. The predicted octanol–water partition coefficient (Wildman–Crippen LogP) is 0.262. The topological polar surface area (TPSA) is 75.3 Å². The molecule has 0 saturated heterocycles. The average Bonchev–Trinajstić information content (AvgIpc) is 2.20. The lowest BCUT2D eigenvalue weighted by atomic mass is 10.4. The van der Waals surface area contributed by atoms with Crippen LogP contribution in [-0.4, -0.2) is 41.2 Å². The van der Waals surface area contributed by atoms with Crippen LogP contribution < -0.4 is 10.6 Å². The van der Waals surface area contributed by atoms with Crippen molar-refractivity contribution >= 4 is 11.8 Å². The molecule has 0 radical (unpaired) electrons. The van der Waals surface area contributed by atoms with Crippen LogP contribution >= 0.6 is 0 Å². The number of nitrogen functional groups attached to an aromatic ring is 1. The van der Waals surface area contributed by atoms with Crippen LogP contribution in [-0.2, 0) is 0 Å². The molecule has 0 aliphatic rings. The van der Waals surface area contributed by atoms with Crippen LogP contribution in [0.5, 0.6) is 0 Å². The van der Waals surface area contributed by atoms with E-state index in [1.165, 1.54) is 0 Å². The fourth-order valence-electron chi connectivity index (χ4n) is 1.16. The smallest absolute Gasteiger partial charge is 0.255 e. The zero-order chi connectivity index (χ0) is 12.1. The highest BCUT2D eigenvalue weighted by Gasteiger charge is 2.18. The predicted molar refractivity (Wildman–Crippen MR) is 51.7 cm³/mol. The van der Waals surface area contributed by atoms with Crippen molar-refractivity contribution in [3.05, 3.63) is 12.0 Å². The van der Waals surface area contributed by atoms with E-state index in [0.29, 0.717) is 0 Å². The van der Waals surface area contributed by atoms with Crippen molar-refractivity contribution in [3.8, 4) is 0 Å². The molecule has 0 bridgehead atoms. The van der Waals surface area contributed by atoms with Gasteiger partial charge in [0.25, 0.3) is 6.43 Å². The third kappa shape index (κ3) is 3.23. The second-order valence-electron chi connectivity index (χ2n) is 2.96. The van der Waals surface area contributed by atoms with Gasteiger partial charge in [-0.25, -0.2) is 18.2 Å². The maximum atomic E-state index is 13.2. The van der Waals surface area contributed by atoms with Crippen LogP contribution in [0.3, 0.4) is 0 Å². The number of nitrogens with zero attached hydrogens (tertiary/aromatic N) is 3. The summed E-state index contributed by atoms with van der Waals surface area (Å²) in [6.07, 6.45) is -1.87. The van der Waals surface area contributed by atoms with E-state index >= 15 is 0 Å².